The van der Waals surface area contributed by atoms with Crippen LogP contribution in [0.25, 0.3) is 10.4 Å². The van der Waals surface area contributed by atoms with Crippen LogP contribution in [0.3, 0.4) is 0 Å². The minimum atomic E-state index is -0.498. The first-order valence-electron chi connectivity index (χ1n) is 10.1. The quantitative estimate of drug-likeness (QED) is 0.811. The highest BCUT2D eigenvalue weighted by atomic mass is 32.1. The molecule has 3 heterocycles. The molecule has 1 fully saturated rings. The molecule has 0 saturated carbocycles. The molecule has 7 heteroatoms. The van der Waals surface area contributed by atoms with Gasteiger partial charge < -0.3 is 10.6 Å². The molecule has 0 bridgehead atoms. The Bertz CT molecular complexity index is 916. The Kier molecular flexibility index (Phi) is 6.08. The lowest BCUT2D eigenvalue weighted by atomic mass is 9.90. The van der Waals surface area contributed by atoms with E-state index in [1.807, 2.05) is 19.2 Å². The van der Waals surface area contributed by atoms with E-state index >= 15 is 0 Å². The van der Waals surface area contributed by atoms with Crippen molar-refractivity contribution in [3.63, 3.8) is 0 Å². The van der Waals surface area contributed by atoms with E-state index in [0.717, 1.165) is 33.3 Å². The summed E-state index contributed by atoms with van der Waals surface area (Å²) in [5, 5.41) is 0.764. The Morgan fingerprint density at radius 1 is 1.34 bits per heavy atom. The second-order valence-electron chi connectivity index (χ2n) is 8.85. The molecule has 0 aliphatic carbocycles. The molecule has 0 spiro atoms. The molecule has 156 valence electrons. The van der Waals surface area contributed by atoms with Crippen LogP contribution in [0.5, 0.6) is 0 Å². The standard InChI is InChI=1S/C22H30N4O2S/c1-6-14-9-16(21(23)28)26(12-14)19(27)11-18-25-13(2)20(29-18)15-7-8-24-17(10-15)22(3,4)5/h7-8,10,14,16H,6,9,11-12H2,1-5H3,(H2,23,28)/t14?,16-/m0/s1. The van der Waals surface area contributed by atoms with Gasteiger partial charge in [0.15, 0.2) is 0 Å². The van der Waals surface area contributed by atoms with Gasteiger partial charge in [0, 0.05) is 23.9 Å². The largest absolute Gasteiger partial charge is 0.368 e. The maximum absolute atomic E-state index is 12.9. The number of carbonyl (C=O) groups is 2. The highest BCUT2D eigenvalue weighted by Crippen LogP contribution is 2.33. The maximum Gasteiger partial charge on any atom is 0.240 e. The van der Waals surface area contributed by atoms with Crippen LogP contribution >= 0.6 is 11.3 Å². The fourth-order valence-electron chi connectivity index (χ4n) is 3.77. The number of nitrogens with two attached hydrogens (primary N) is 1. The molecule has 2 atom stereocenters. The zero-order valence-corrected chi connectivity index (χ0v) is 18.7. The van der Waals surface area contributed by atoms with Gasteiger partial charge in [-0.25, -0.2) is 4.98 Å². The number of carbonyl (C=O) groups excluding carboxylic acids is 2. The Balaban J connectivity index is 1.81. The minimum Gasteiger partial charge on any atom is -0.368 e. The molecule has 1 aliphatic rings. The Labute approximate surface area is 176 Å². The van der Waals surface area contributed by atoms with E-state index in [4.69, 9.17) is 5.73 Å². The average molecular weight is 415 g/mol. The van der Waals surface area contributed by atoms with Crippen LogP contribution in [-0.2, 0) is 21.4 Å². The van der Waals surface area contributed by atoms with Gasteiger partial charge in [0.2, 0.25) is 11.8 Å². The number of likely N-dealkylation sites (tertiary alicyclic amines) is 1. The number of aromatic nitrogens is 2. The van der Waals surface area contributed by atoms with E-state index in [1.54, 1.807) is 4.90 Å². The van der Waals surface area contributed by atoms with Gasteiger partial charge in [-0.05, 0) is 37.0 Å². The van der Waals surface area contributed by atoms with Crippen LogP contribution < -0.4 is 5.73 Å². The number of aryl methyl sites for hydroxylation is 1. The SMILES string of the molecule is CCC1C[C@@H](C(N)=O)N(C(=O)Cc2nc(C)c(-c3ccnc(C(C)(C)C)c3)s2)C1. The zero-order chi connectivity index (χ0) is 21.3. The first-order chi connectivity index (χ1) is 13.6. The first-order valence-corrected chi connectivity index (χ1v) is 10.9. The molecule has 2 aromatic heterocycles. The summed E-state index contributed by atoms with van der Waals surface area (Å²) in [7, 11) is 0. The van der Waals surface area contributed by atoms with Crippen molar-refractivity contribution in [1.82, 2.24) is 14.9 Å². The fraction of sp³-hybridized carbons (Fsp3) is 0.545. The number of hydrogen-bond donors (Lipinski definition) is 1. The van der Waals surface area contributed by atoms with Crippen molar-refractivity contribution in [2.75, 3.05) is 6.54 Å². The third kappa shape index (κ3) is 4.66. The highest BCUT2D eigenvalue weighted by molar-refractivity contribution is 7.15. The zero-order valence-electron chi connectivity index (χ0n) is 17.9. The summed E-state index contributed by atoms with van der Waals surface area (Å²) in [6.07, 6.45) is 3.62. The highest BCUT2D eigenvalue weighted by Gasteiger charge is 2.37. The van der Waals surface area contributed by atoms with Gasteiger partial charge in [0.25, 0.3) is 0 Å². The number of primary amides is 1. The van der Waals surface area contributed by atoms with Crippen molar-refractivity contribution < 1.29 is 9.59 Å². The van der Waals surface area contributed by atoms with E-state index in [0.29, 0.717) is 18.9 Å². The van der Waals surface area contributed by atoms with Gasteiger partial charge in [0.1, 0.15) is 11.0 Å². The van der Waals surface area contributed by atoms with Crippen molar-refractivity contribution >= 4 is 23.2 Å². The molecule has 0 radical (unpaired) electrons. The molecule has 2 N–H and O–H groups in total. The summed E-state index contributed by atoms with van der Waals surface area (Å²) in [5.41, 5.74) is 8.50. The lowest BCUT2D eigenvalue weighted by Gasteiger charge is -2.21. The van der Waals surface area contributed by atoms with Gasteiger partial charge in [-0.15, -0.1) is 11.3 Å². The van der Waals surface area contributed by atoms with E-state index in [9.17, 15) is 9.59 Å². The molecule has 29 heavy (non-hydrogen) atoms. The minimum absolute atomic E-state index is 0.0389. The van der Waals surface area contributed by atoms with Crippen LogP contribution in [0.2, 0.25) is 0 Å². The molecule has 1 unspecified atom stereocenters. The van der Waals surface area contributed by atoms with Crippen LogP contribution in [0.4, 0.5) is 0 Å². The molecule has 1 aliphatic heterocycles. The van der Waals surface area contributed by atoms with Gasteiger partial charge in [-0.3, -0.25) is 14.6 Å². The maximum atomic E-state index is 12.9. The predicted octanol–water partition coefficient (Wildman–Crippen LogP) is 3.47. The van der Waals surface area contributed by atoms with Gasteiger partial charge >= 0.3 is 0 Å². The molecule has 0 aromatic carbocycles. The number of thiazole rings is 1. The Morgan fingerprint density at radius 2 is 2.07 bits per heavy atom. The van der Waals surface area contributed by atoms with Crippen molar-refractivity contribution in [1.29, 1.82) is 0 Å². The second-order valence-corrected chi connectivity index (χ2v) is 9.94. The van der Waals surface area contributed by atoms with E-state index in [-0.39, 0.29) is 17.7 Å². The first kappa shape index (κ1) is 21.4. The summed E-state index contributed by atoms with van der Waals surface area (Å²) in [6, 6.07) is 3.58. The summed E-state index contributed by atoms with van der Waals surface area (Å²) in [4.78, 5) is 36.5. The summed E-state index contributed by atoms with van der Waals surface area (Å²) in [6.45, 7) is 11.0. The molecule has 3 rings (SSSR count). The number of hydrogen-bond acceptors (Lipinski definition) is 5. The number of amides is 2. The Hall–Kier alpha value is -2.28. The second kappa shape index (κ2) is 8.22. The number of nitrogens with zero attached hydrogens (tertiary/aromatic N) is 3. The van der Waals surface area contributed by atoms with Gasteiger partial charge in [-0.2, -0.15) is 0 Å². The van der Waals surface area contributed by atoms with E-state index in [2.05, 4.69) is 43.7 Å². The topological polar surface area (TPSA) is 89.2 Å². The van der Waals surface area contributed by atoms with E-state index < -0.39 is 11.9 Å². The summed E-state index contributed by atoms with van der Waals surface area (Å²) < 4.78 is 0. The Morgan fingerprint density at radius 3 is 2.69 bits per heavy atom. The monoisotopic (exact) mass is 414 g/mol. The van der Waals surface area contributed by atoms with Crippen molar-refractivity contribution in [2.45, 2.75) is 65.3 Å². The lowest BCUT2D eigenvalue weighted by Crippen LogP contribution is -2.44. The number of pyridine rings is 1. The molecule has 2 aromatic rings. The van der Waals surface area contributed by atoms with Crippen LogP contribution in [0.15, 0.2) is 18.3 Å². The normalized spacial score (nSPS) is 19.6. The lowest BCUT2D eigenvalue weighted by molar-refractivity contribution is -0.136. The van der Waals surface area contributed by atoms with Crippen molar-refractivity contribution in [3.05, 3.63) is 34.7 Å². The van der Waals surface area contributed by atoms with Gasteiger partial charge in [-0.1, -0.05) is 34.1 Å². The molecular weight excluding hydrogens is 384 g/mol. The van der Waals surface area contributed by atoms with Crippen molar-refractivity contribution in [3.8, 4) is 10.4 Å². The van der Waals surface area contributed by atoms with Crippen LogP contribution in [0, 0.1) is 12.8 Å². The third-order valence-corrected chi connectivity index (χ3v) is 6.75. The van der Waals surface area contributed by atoms with Crippen LogP contribution in [-0.4, -0.2) is 39.3 Å². The van der Waals surface area contributed by atoms with Gasteiger partial charge in [0.05, 0.1) is 17.0 Å². The molecule has 1 saturated heterocycles. The molecule has 2 amide bonds. The van der Waals surface area contributed by atoms with E-state index in [1.165, 1.54) is 11.3 Å². The summed E-state index contributed by atoms with van der Waals surface area (Å²) >= 11 is 1.53. The third-order valence-electron chi connectivity index (χ3n) is 5.55. The predicted molar refractivity (Wildman–Crippen MR) is 116 cm³/mol. The number of rotatable bonds is 5. The molecular formula is C22H30N4O2S. The molecule has 6 nitrogen and oxygen atoms in total. The average Bonchev–Trinajstić information content (AvgIpc) is 3.25. The fourth-order valence-corrected chi connectivity index (χ4v) is 4.82. The smallest absolute Gasteiger partial charge is 0.240 e. The van der Waals surface area contributed by atoms with Crippen LogP contribution in [0.1, 0.15) is 56.9 Å². The summed E-state index contributed by atoms with van der Waals surface area (Å²) in [5.74, 6) is -0.162. The van der Waals surface area contributed by atoms with Crippen molar-refractivity contribution in [2.24, 2.45) is 11.7 Å².